The molecule has 0 radical (unpaired) electrons. The number of hydrogen-bond acceptors (Lipinski definition) is 2. The van der Waals surface area contributed by atoms with Gasteiger partial charge < -0.3 is 5.32 Å². The highest BCUT2D eigenvalue weighted by Gasteiger charge is 2.26. The Morgan fingerprint density at radius 1 is 1.20 bits per heavy atom. The van der Waals surface area contributed by atoms with Crippen LogP contribution in [0.3, 0.4) is 0 Å². The van der Waals surface area contributed by atoms with E-state index in [1.807, 2.05) is 0 Å². The van der Waals surface area contributed by atoms with Gasteiger partial charge in [0.05, 0.1) is 0 Å². The van der Waals surface area contributed by atoms with Crippen LogP contribution >= 0.6 is 0 Å². The topological polar surface area (TPSA) is 15.3 Å². The van der Waals surface area contributed by atoms with E-state index in [-0.39, 0.29) is 0 Å². The summed E-state index contributed by atoms with van der Waals surface area (Å²) in [5, 5.41) is 3.53. The summed E-state index contributed by atoms with van der Waals surface area (Å²) in [7, 11) is 0. The average Bonchev–Trinajstić information content (AvgIpc) is 2.40. The van der Waals surface area contributed by atoms with Gasteiger partial charge in [-0.05, 0) is 48.9 Å². The fraction of sp³-hybridized carbons (Fsp3) is 0.667. The van der Waals surface area contributed by atoms with E-state index in [0.717, 1.165) is 19.6 Å². The van der Waals surface area contributed by atoms with Crippen molar-refractivity contribution in [3.63, 3.8) is 0 Å². The molecule has 0 aliphatic carbocycles. The monoisotopic (exact) mass is 274 g/mol. The largest absolute Gasteiger partial charge is 0.313 e. The van der Waals surface area contributed by atoms with Crippen LogP contribution in [-0.4, -0.2) is 24.5 Å². The molecule has 0 amide bonds. The number of nitrogens with zero attached hydrogens (tertiary/aromatic N) is 1. The van der Waals surface area contributed by atoms with Crippen LogP contribution in [0, 0.1) is 5.41 Å². The molecule has 1 aromatic rings. The Kier molecular flexibility index (Phi) is 5.62. The predicted octanol–water partition coefficient (Wildman–Crippen LogP) is 3.81. The summed E-state index contributed by atoms with van der Waals surface area (Å²) in [5.41, 5.74) is 3.44. The first-order valence-electron chi connectivity index (χ1n) is 8.10. The van der Waals surface area contributed by atoms with Gasteiger partial charge in [-0.1, -0.05) is 45.0 Å². The van der Waals surface area contributed by atoms with Gasteiger partial charge in [-0.2, -0.15) is 0 Å². The van der Waals surface area contributed by atoms with Crippen LogP contribution in [0.1, 0.15) is 51.2 Å². The van der Waals surface area contributed by atoms with E-state index in [4.69, 9.17) is 0 Å². The lowest BCUT2D eigenvalue weighted by Gasteiger charge is -2.38. The summed E-state index contributed by atoms with van der Waals surface area (Å²) in [6.45, 7) is 12.7. The number of likely N-dealkylation sites (tertiary alicyclic amines) is 1. The van der Waals surface area contributed by atoms with Crippen LogP contribution in [0.15, 0.2) is 24.3 Å². The zero-order chi connectivity index (χ0) is 14.4. The summed E-state index contributed by atoms with van der Waals surface area (Å²) in [6.07, 6.45) is 3.90. The fourth-order valence-electron chi connectivity index (χ4n) is 3.20. The number of hydrogen-bond donors (Lipinski definition) is 1. The van der Waals surface area contributed by atoms with Crippen molar-refractivity contribution in [2.24, 2.45) is 5.41 Å². The summed E-state index contributed by atoms with van der Waals surface area (Å²) in [6, 6.07) is 8.90. The third-order valence-electron chi connectivity index (χ3n) is 4.23. The third kappa shape index (κ3) is 4.60. The first-order valence-corrected chi connectivity index (χ1v) is 8.10. The Morgan fingerprint density at radius 2 is 1.95 bits per heavy atom. The lowest BCUT2D eigenvalue weighted by atomic mass is 9.84. The third-order valence-corrected chi connectivity index (χ3v) is 4.23. The Balaban J connectivity index is 1.97. The molecule has 0 unspecified atom stereocenters. The highest BCUT2D eigenvalue weighted by molar-refractivity contribution is 5.27. The lowest BCUT2D eigenvalue weighted by Crippen LogP contribution is -2.39. The van der Waals surface area contributed by atoms with Crippen molar-refractivity contribution >= 4 is 0 Å². The van der Waals surface area contributed by atoms with Crippen molar-refractivity contribution in [3.05, 3.63) is 35.4 Å². The summed E-state index contributed by atoms with van der Waals surface area (Å²) < 4.78 is 0. The second-order valence-electron chi connectivity index (χ2n) is 6.92. The normalized spacial score (nSPS) is 19.1. The average molecular weight is 274 g/mol. The molecule has 1 aliphatic heterocycles. The molecule has 2 nitrogen and oxygen atoms in total. The van der Waals surface area contributed by atoms with Gasteiger partial charge in [0.2, 0.25) is 0 Å². The maximum absolute atomic E-state index is 3.53. The standard InChI is InChI=1S/C18H30N2/c1-4-11-19-13-16-8-5-6-9-17(16)14-20-12-7-10-18(2,3)15-20/h5-6,8-9,19H,4,7,10-15H2,1-3H3. The van der Waals surface area contributed by atoms with Crippen LogP contribution in [-0.2, 0) is 13.1 Å². The first kappa shape index (κ1) is 15.5. The molecule has 20 heavy (non-hydrogen) atoms. The molecule has 0 atom stereocenters. The minimum atomic E-state index is 0.480. The van der Waals surface area contributed by atoms with Gasteiger partial charge >= 0.3 is 0 Å². The summed E-state index contributed by atoms with van der Waals surface area (Å²) in [4.78, 5) is 2.63. The predicted molar refractivity (Wildman–Crippen MR) is 86.7 cm³/mol. The van der Waals surface area contributed by atoms with Crippen molar-refractivity contribution in [2.45, 2.75) is 53.1 Å². The van der Waals surface area contributed by atoms with Crippen molar-refractivity contribution in [3.8, 4) is 0 Å². The molecule has 112 valence electrons. The molecule has 0 spiro atoms. The maximum atomic E-state index is 3.53. The van der Waals surface area contributed by atoms with E-state index >= 15 is 0 Å². The molecule has 2 heteroatoms. The molecule has 1 fully saturated rings. The van der Waals surface area contributed by atoms with E-state index in [9.17, 15) is 0 Å². The number of nitrogens with one attached hydrogen (secondary N) is 1. The minimum Gasteiger partial charge on any atom is -0.313 e. The number of benzene rings is 1. The van der Waals surface area contributed by atoms with E-state index in [0.29, 0.717) is 5.41 Å². The molecule has 2 rings (SSSR count). The quantitative estimate of drug-likeness (QED) is 0.794. The van der Waals surface area contributed by atoms with Crippen molar-refractivity contribution < 1.29 is 0 Å². The fourth-order valence-corrected chi connectivity index (χ4v) is 3.20. The van der Waals surface area contributed by atoms with E-state index in [1.54, 1.807) is 0 Å². The molecular formula is C18H30N2. The maximum Gasteiger partial charge on any atom is 0.0237 e. The summed E-state index contributed by atoms with van der Waals surface area (Å²) in [5.74, 6) is 0. The van der Waals surface area contributed by atoms with Gasteiger partial charge in [0.1, 0.15) is 0 Å². The molecule has 0 bridgehead atoms. The van der Waals surface area contributed by atoms with Gasteiger partial charge in [0.25, 0.3) is 0 Å². The second kappa shape index (κ2) is 7.24. The van der Waals surface area contributed by atoms with Crippen molar-refractivity contribution in [2.75, 3.05) is 19.6 Å². The van der Waals surface area contributed by atoms with Crippen molar-refractivity contribution in [1.82, 2.24) is 10.2 Å². The molecule has 1 heterocycles. The lowest BCUT2D eigenvalue weighted by molar-refractivity contribution is 0.111. The van der Waals surface area contributed by atoms with Gasteiger partial charge in [-0.3, -0.25) is 4.90 Å². The Labute approximate surface area is 124 Å². The molecular weight excluding hydrogens is 244 g/mol. The molecule has 1 aromatic carbocycles. The van der Waals surface area contributed by atoms with E-state index in [1.165, 1.54) is 43.5 Å². The number of piperidine rings is 1. The highest BCUT2D eigenvalue weighted by Crippen LogP contribution is 2.29. The van der Waals surface area contributed by atoms with Crippen LogP contribution in [0.2, 0.25) is 0 Å². The van der Waals surface area contributed by atoms with Crippen LogP contribution < -0.4 is 5.32 Å². The smallest absolute Gasteiger partial charge is 0.0237 e. The second-order valence-corrected chi connectivity index (χ2v) is 6.92. The molecule has 0 aromatic heterocycles. The minimum absolute atomic E-state index is 0.480. The molecule has 1 N–H and O–H groups in total. The molecule has 1 aliphatic rings. The van der Waals surface area contributed by atoms with Gasteiger partial charge in [-0.15, -0.1) is 0 Å². The first-order chi connectivity index (χ1) is 9.61. The Bertz CT molecular complexity index is 412. The van der Waals surface area contributed by atoms with Crippen LogP contribution in [0.5, 0.6) is 0 Å². The van der Waals surface area contributed by atoms with Crippen LogP contribution in [0.25, 0.3) is 0 Å². The zero-order valence-corrected chi connectivity index (χ0v) is 13.4. The van der Waals surface area contributed by atoms with E-state index < -0.39 is 0 Å². The van der Waals surface area contributed by atoms with E-state index in [2.05, 4.69) is 55.3 Å². The molecule has 1 saturated heterocycles. The number of rotatable bonds is 6. The Hall–Kier alpha value is -0.860. The zero-order valence-electron chi connectivity index (χ0n) is 13.4. The Morgan fingerprint density at radius 3 is 2.65 bits per heavy atom. The van der Waals surface area contributed by atoms with Gasteiger partial charge in [0, 0.05) is 19.6 Å². The van der Waals surface area contributed by atoms with Gasteiger partial charge in [-0.25, -0.2) is 0 Å². The summed E-state index contributed by atoms with van der Waals surface area (Å²) >= 11 is 0. The molecule has 0 saturated carbocycles. The van der Waals surface area contributed by atoms with Crippen molar-refractivity contribution in [1.29, 1.82) is 0 Å². The SMILES string of the molecule is CCCNCc1ccccc1CN1CCCC(C)(C)C1. The van der Waals surface area contributed by atoms with Gasteiger partial charge in [0.15, 0.2) is 0 Å². The highest BCUT2D eigenvalue weighted by atomic mass is 15.1. The van der Waals surface area contributed by atoms with Crippen LogP contribution in [0.4, 0.5) is 0 Å².